The Hall–Kier alpha value is -3.08. The Bertz CT molecular complexity index is 1790. The number of aromatic nitrogens is 1. The maximum absolute atomic E-state index is 14.0. The number of aryl methyl sites for hydroxylation is 1. The van der Waals surface area contributed by atoms with Gasteiger partial charge in [-0.2, -0.15) is 0 Å². The number of halogens is 3. The fourth-order valence-electron chi connectivity index (χ4n) is 5.26. The molecule has 4 aromatic rings. The van der Waals surface area contributed by atoms with Crippen LogP contribution in [0.1, 0.15) is 21.9 Å². The van der Waals surface area contributed by atoms with E-state index in [1.165, 1.54) is 4.57 Å². The third-order valence-electron chi connectivity index (χ3n) is 7.05. The van der Waals surface area contributed by atoms with E-state index in [0.29, 0.717) is 31.9 Å². The second kappa shape index (κ2) is 11.0. The molecule has 3 aromatic carbocycles. The van der Waals surface area contributed by atoms with Crippen molar-refractivity contribution < 1.29 is 14.4 Å². The van der Waals surface area contributed by atoms with Crippen LogP contribution in [0.15, 0.2) is 76.6 Å². The van der Waals surface area contributed by atoms with Gasteiger partial charge in [-0.1, -0.05) is 82.2 Å². The molecule has 1 aromatic heterocycles. The Morgan fingerprint density at radius 2 is 1.68 bits per heavy atom. The number of benzene rings is 3. The number of fused-ring (bicyclic) bond motifs is 2. The monoisotopic (exact) mass is 643 g/mol. The van der Waals surface area contributed by atoms with Gasteiger partial charge in [-0.25, -0.2) is 4.90 Å². The van der Waals surface area contributed by atoms with E-state index in [1.54, 1.807) is 48.5 Å². The van der Waals surface area contributed by atoms with E-state index < -0.39 is 34.8 Å². The summed E-state index contributed by atoms with van der Waals surface area (Å²) in [4.78, 5) is 55.5. The third-order valence-corrected chi connectivity index (χ3v) is 10.7. The van der Waals surface area contributed by atoms with Crippen LogP contribution >= 0.6 is 57.9 Å². The topological polar surface area (TPSA) is 88.5 Å². The van der Waals surface area contributed by atoms with Crippen molar-refractivity contribution in [1.29, 1.82) is 0 Å². The second-order valence-electron chi connectivity index (χ2n) is 9.71. The van der Waals surface area contributed by atoms with Crippen LogP contribution in [0.25, 0.3) is 0 Å². The molecule has 6 rings (SSSR count). The summed E-state index contributed by atoms with van der Waals surface area (Å²) in [7, 11) is 0. The van der Waals surface area contributed by atoms with Gasteiger partial charge in [-0.15, -0.1) is 0 Å². The molecule has 1 N–H and O–H groups in total. The summed E-state index contributed by atoms with van der Waals surface area (Å²) in [5.74, 6) is -2.80. The highest BCUT2D eigenvalue weighted by molar-refractivity contribution is 8.00. The molecule has 1 saturated heterocycles. The molecule has 12 heteroatoms. The summed E-state index contributed by atoms with van der Waals surface area (Å²) in [5, 5.41) is 3.43. The van der Waals surface area contributed by atoms with Crippen molar-refractivity contribution in [1.82, 2.24) is 4.57 Å². The Kier molecular flexibility index (Phi) is 7.50. The van der Waals surface area contributed by atoms with Crippen molar-refractivity contribution >= 4 is 87.0 Å². The van der Waals surface area contributed by atoms with Gasteiger partial charge >= 0.3 is 4.87 Å². The van der Waals surface area contributed by atoms with E-state index in [9.17, 15) is 19.2 Å². The van der Waals surface area contributed by atoms with Gasteiger partial charge in [-0.05, 0) is 60.5 Å². The van der Waals surface area contributed by atoms with Crippen LogP contribution in [-0.2, 0) is 20.9 Å². The first kappa shape index (κ1) is 28.1. The molecule has 0 bridgehead atoms. The number of amides is 3. The molecule has 0 aliphatic carbocycles. The normalized spacial score (nSPS) is 19.7. The molecular weight excluding hydrogens is 625 g/mol. The van der Waals surface area contributed by atoms with Crippen LogP contribution < -0.4 is 15.1 Å². The van der Waals surface area contributed by atoms with Crippen LogP contribution in [0.3, 0.4) is 0 Å². The Morgan fingerprint density at radius 3 is 2.41 bits per heavy atom. The average Bonchev–Trinajstić information content (AvgIpc) is 3.37. The van der Waals surface area contributed by atoms with Crippen molar-refractivity contribution in [3.8, 4) is 0 Å². The fourth-order valence-corrected chi connectivity index (χ4v) is 8.58. The summed E-state index contributed by atoms with van der Waals surface area (Å²) < 4.78 is 1.36. The number of imide groups is 1. The van der Waals surface area contributed by atoms with Gasteiger partial charge < -0.3 is 5.32 Å². The van der Waals surface area contributed by atoms with Gasteiger partial charge in [0.05, 0.1) is 26.7 Å². The summed E-state index contributed by atoms with van der Waals surface area (Å²) in [6.07, 6.45) is 0. The molecule has 208 valence electrons. The predicted octanol–water partition coefficient (Wildman–Crippen LogP) is 6.61. The predicted molar refractivity (Wildman–Crippen MR) is 164 cm³/mol. The summed E-state index contributed by atoms with van der Waals surface area (Å²) in [5.41, 5.74) is 2.52. The minimum atomic E-state index is -0.856. The van der Waals surface area contributed by atoms with E-state index in [0.717, 1.165) is 33.6 Å². The Balaban J connectivity index is 1.44. The van der Waals surface area contributed by atoms with Crippen LogP contribution in [0.5, 0.6) is 0 Å². The highest BCUT2D eigenvalue weighted by Gasteiger charge is 2.57. The fraction of sp³-hybridized carbons (Fsp3) is 0.172. The Labute approximate surface area is 258 Å². The molecule has 2 aliphatic rings. The molecule has 0 spiro atoms. The second-order valence-corrected chi connectivity index (χ2v) is 13.1. The molecule has 3 amide bonds. The van der Waals surface area contributed by atoms with Gasteiger partial charge in [-0.3, -0.25) is 23.7 Å². The zero-order valence-electron chi connectivity index (χ0n) is 21.3. The van der Waals surface area contributed by atoms with Crippen molar-refractivity contribution in [2.45, 2.75) is 29.7 Å². The molecule has 41 heavy (non-hydrogen) atoms. The number of hydrogen-bond donors (Lipinski definition) is 1. The lowest BCUT2D eigenvalue weighted by Crippen LogP contribution is -2.33. The molecule has 0 saturated carbocycles. The van der Waals surface area contributed by atoms with Crippen molar-refractivity contribution in [2.75, 3.05) is 10.2 Å². The number of thioether (sulfide) groups is 1. The molecule has 2 unspecified atom stereocenters. The molecule has 2 aliphatic heterocycles. The lowest BCUT2D eigenvalue weighted by atomic mass is 9.83. The zero-order chi connectivity index (χ0) is 29.0. The van der Waals surface area contributed by atoms with Crippen LogP contribution in [-0.4, -0.2) is 27.5 Å². The molecule has 7 nitrogen and oxygen atoms in total. The van der Waals surface area contributed by atoms with Gasteiger partial charge in [0, 0.05) is 21.5 Å². The van der Waals surface area contributed by atoms with E-state index in [-0.39, 0.29) is 21.5 Å². The number of thiazole rings is 1. The van der Waals surface area contributed by atoms with Gasteiger partial charge in [0.15, 0.2) is 0 Å². The molecule has 3 heterocycles. The summed E-state index contributed by atoms with van der Waals surface area (Å²) in [6.45, 7) is 1.65. The van der Waals surface area contributed by atoms with Crippen LogP contribution in [0.4, 0.5) is 11.4 Å². The van der Waals surface area contributed by atoms with E-state index in [2.05, 4.69) is 5.32 Å². The van der Waals surface area contributed by atoms with Crippen molar-refractivity contribution in [3.63, 3.8) is 0 Å². The number of hydrogen-bond acceptors (Lipinski definition) is 6. The molecule has 3 atom stereocenters. The van der Waals surface area contributed by atoms with Gasteiger partial charge in [0.2, 0.25) is 17.7 Å². The number of carbonyl (C=O) groups is 3. The Morgan fingerprint density at radius 1 is 0.951 bits per heavy atom. The van der Waals surface area contributed by atoms with E-state index in [1.807, 2.05) is 25.1 Å². The lowest BCUT2D eigenvalue weighted by molar-refractivity contribution is -0.122. The number of carbonyl (C=O) groups excluding carboxylic acids is 3. The van der Waals surface area contributed by atoms with Gasteiger partial charge in [0.1, 0.15) is 11.8 Å². The first-order valence-corrected chi connectivity index (χ1v) is 15.3. The smallest absolute Gasteiger partial charge is 0.308 e. The first-order valence-electron chi connectivity index (χ1n) is 12.5. The zero-order valence-corrected chi connectivity index (χ0v) is 25.2. The first-order chi connectivity index (χ1) is 19.6. The molecule has 0 radical (unpaired) electrons. The van der Waals surface area contributed by atoms with E-state index >= 15 is 0 Å². The summed E-state index contributed by atoms with van der Waals surface area (Å²) >= 11 is 21.1. The standard InChI is InChI=1S/C29H20Cl3N3O4S2/c1-14-4-2-5-16(12-14)33-20(36)13-34-28-25(41-29(34)39)21(18-6-3-7-19(31)23(18)32)22-24(40-28)27(38)35(26(22)37)17-10-8-15(30)9-11-17/h2-12,21-22,24H,13H2,1H3,(H,33,36)/t21-,22?,24?/m1/s1. The van der Waals surface area contributed by atoms with E-state index in [4.69, 9.17) is 34.8 Å². The van der Waals surface area contributed by atoms with Gasteiger partial charge in [0.25, 0.3) is 0 Å². The number of rotatable bonds is 5. The average molecular weight is 645 g/mol. The lowest BCUT2D eigenvalue weighted by Gasteiger charge is -2.31. The van der Waals surface area contributed by atoms with Crippen molar-refractivity contribution in [3.05, 3.63) is 107 Å². The maximum atomic E-state index is 14.0. The SMILES string of the molecule is Cc1cccc(NC(=O)Cn2c3c(sc2=O)[C@H](c2cccc(Cl)c2Cl)C2C(=O)N(c4ccc(Cl)cc4)C(=O)C2S3)c1. The number of anilines is 2. The number of nitrogens with zero attached hydrogens (tertiary/aromatic N) is 2. The van der Waals surface area contributed by atoms with Crippen LogP contribution in [0.2, 0.25) is 15.1 Å². The summed E-state index contributed by atoms with van der Waals surface area (Å²) in [6, 6.07) is 18.9. The largest absolute Gasteiger partial charge is 0.325 e. The van der Waals surface area contributed by atoms with Crippen molar-refractivity contribution in [2.24, 2.45) is 5.92 Å². The quantitative estimate of drug-likeness (QED) is 0.247. The van der Waals surface area contributed by atoms with Crippen LogP contribution in [0, 0.1) is 12.8 Å². The number of nitrogens with one attached hydrogen (secondary N) is 1. The maximum Gasteiger partial charge on any atom is 0.308 e. The molecule has 1 fully saturated rings. The third kappa shape index (κ3) is 5.00. The minimum Gasteiger partial charge on any atom is -0.325 e. The minimum absolute atomic E-state index is 0.241. The molecular formula is C29H20Cl3N3O4S2. The highest BCUT2D eigenvalue weighted by atomic mass is 35.5. The highest BCUT2D eigenvalue weighted by Crippen LogP contribution is 2.55.